The number of rotatable bonds is 6. The van der Waals surface area contributed by atoms with Gasteiger partial charge in [-0.1, -0.05) is 12.1 Å². The number of nitrogens with one attached hydrogen (secondary N) is 1. The number of ketones is 1. The van der Waals surface area contributed by atoms with Gasteiger partial charge in [0.1, 0.15) is 0 Å². The molecule has 9 heteroatoms. The number of amides is 3. The maximum atomic E-state index is 12.3. The molecule has 0 radical (unpaired) electrons. The highest BCUT2D eigenvalue weighted by Gasteiger charge is 2.36. The summed E-state index contributed by atoms with van der Waals surface area (Å²) in [7, 11) is 1.45. The number of imide groups is 1. The third-order valence-corrected chi connectivity index (χ3v) is 5.54. The van der Waals surface area contributed by atoms with Gasteiger partial charge in [0.2, 0.25) is 11.8 Å². The Morgan fingerprint density at radius 2 is 1.66 bits per heavy atom. The highest BCUT2D eigenvalue weighted by Crippen LogP contribution is 2.31. The highest BCUT2D eigenvalue weighted by molar-refractivity contribution is 8.00. The van der Waals surface area contributed by atoms with Gasteiger partial charge in [-0.05, 0) is 36.4 Å². The van der Waals surface area contributed by atoms with Crippen LogP contribution in [0.5, 0.6) is 0 Å². The summed E-state index contributed by atoms with van der Waals surface area (Å²) in [5.41, 5.74) is -0.107. The molecule has 3 amide bonds. The summed E-state index contributed by atoms with van der Waals surface area (Å²) in [5.74, 6) is -3.69. The topological polar surface area (TPSA) is 121 Å². The third-order valence-electron chi connectivity index (χ3n) is 4.34. The van der Waals surface area contributed by atoms with Crippen molar-refractivity contribution >= 4 is 46.9 Å². The Morgan fingerprint density at radius 1 is 1.03 bits per heavy atom. The molecule has 2 N–H and O–H groups in total. The number of carbonyl (C=O) groups excluding carboxylic acids is 4. The Kier molecular flexibility index (Phi) is 5.79. The molecule has 1 aliphatic heterocycles. The predicted octanol–water partition coefficient (Wildman–Crippen LogP) is 2.06. The number of hydrogen-bond acceptors (Lipinski definition) is 6. The molecule has 1 atom stereocenters. The average Bonchev–Trinajstić information content (AvgIpc) is 2.95. The van der Waals surface area contributed by atoms with Crippen LogP contribution in [0.25, 0.3) is 0 Å². The maximum Gasteiger partial charge on any atom is 0.336 e. The van der Waals surface area contributed by atoms with Crippen molar-refractivity contribution in [1.82, 2.24) is 4.90 Å². The molecule has 1 aliphatic rings. The van der Waals surface area contributed by atoms with Gasteiger partial charge in [-0.3, -0.25) is 24.1 Å². The van der Waals surface area contributed by atoms with Gasteiger partial charge in [-0.2, -0.15) is 0 Å². The fraction of sp³-hybridized carbons (Fsp3) is 0.150. The van der Waals surface area contributed by atoms with Crippen LogP contribution in [0.2, 0.25) is 0 Å². The summed E-state index contributed by atoms with van der Waals surface area (Å²) in [6, 6.07) is 11.9. The SMILES string of the molecule is CN1C(=O)CC(Sc2ccc(NC(=O)C(=O)c3ccccc3C(=O)O)cc2)C1=O. The summed E-state index contributed by atoms with van der Waals surface area (Å²) < 4.78 is 0. The van der Waals surface area contributed by atoms with E-state index in [1.54, 1.807) is 24.3 Å². The molecule has 3 rings (SSSR count). The molecule has 29 heavy (non-hydrogen) atoms. The first-order valence-corrected chi connectivity index (χ1v) is 9.41. The van der Waals surface area contributed by atoms with E-state index >= 15 is 0 Å². The fourth-order valence-electron chi connectivity index (χ4n) is 2.77. The number of Topliss-reactive ketones (excluding diaryl/α,β-unsaturated/α-hetero) is 1. The molecule has 0 spiro atoms. The monoisotopic (exact) mass is 412 g/mol. The second kappa shape index (κ2) is 8.27. The minimum absolute atomic E-state index is 0.135. The quantitative estimate of drug-likeness (QED) is 0.423. The van der Waals surface area contributed by atoms with Gasteiger partial charge in [-0.15, -0.1) is 11.8 Å². The molecular weight excluding hydrogens is 396 g/mol. The summed E-state index contributed by atoms with van der Waals surface area (Å²) in [6.45, 7) is 0. The predicted molar refractivity (Wildman–Crippen MR) is 105 cm³/mol. The molecular formula is C20H16N2O6S. The fourth-order valence-corrected chi connectivity index (χ4v) is 3.88. The summed E-state index contributed by atoms with van der Waals surface area (Å²) in [5, 5.41) is 11.1. The maximum absolute atomic E-state index is 12.3. The van der Waals surface area contributed by atoms with E-state index in [0.717, 1.165) is 9.80 Å². The molecule has 0 bridgehead atoms. The van der Waals surface area contributed by atoms with Crippen molar-refractivity contribution < 1.29 is 29.1 Å². The Balaban J connectivity index is 1.66. The third kappa shape index (κ3) is 4.35. The second-order valence-corrected chi connectivity index (χ2v) is 7.54. The van der Waals surface area contributed by atoms with Crippen LogP contribution < -0.4 is 5.32 Å². The Bertz CT molecular complexity index is 1020. The second-order valence-electron chi connectivity index (χ2n) is 6.26. The lowest BCUT2D eigenvalue weighted by molar-refractivity contribution is -0.136. The van der Waals surface area contributed by atoms with E-state index in [0.29, 0.717) is 5.69 Å². The van der Waals surface area contributed by atoms with Crippen molar-refractivity contribution in [2.24, 2.45) is 0 Å². The molecule has 0 aromatic heterocycles. The van der Waals surface area contributed by atoms with Crippen LogP contribution in [0.1, 0.15) is 27.1 Å². The molecule has 2 aromatic rings. The normalized spacial score (nSPS) is 16.0. The highest BCUT2D eigenvalue weighted by atomic mass is 32.2. The van der Waals surface area contributed by atoms with E-state index < -0.39 is 22.9 Å². The van der Waals surface area contributed by atoms with Crippen LogP contribution in [0.3, 0.4) is 0 Å². The number of benzene rings is 2. The van der Waals surface area contributed by atoms with Crippen molar-refractivity contribution in [3.63, 3.8) is 0 Å². The minimum Gasteiger partial charge on any atom is -0.478 e. The first-order valence-electron chi connectivity index (χ1n) is 8.53. The van der Waals surface area contributed by atoms with Gasteiger partial charge in [0, 0.05) is 29.6 Å². The van der Waals surface area contributed by atoms with E-state index in [-0.39, 0.29) is 29.4 Å². The zero-order valence-electron chi connectivity index (χ0n) is 15.2. The van der Waals surface area contributed by atoms with Gasteiger partial charge in [-0.25, -0.2) is 4.79 Å². The molecule has 1 saturated heterocycles. The number of carboxylic acid groups (broad SMARTS) is 1. The number of hydrogen-bond donors (Lipinski definition) is 2. The van der Waals surface area contributed by atoms with E-state index in [1.807, 2.05) is 0 Å². The lowest BCUT2D eigenvalue weighted by Crippen LogP contribution is -2.26. The zero-order valence-corrected chi connectivity index (χ0v) is 16.1. The van der Waals surface area contributed by atoms with Gasteiger partial charge in [0.05, 0.1) is 10.8 Å². The number of carbonyl (C=O) groups is 5. The number of likely N-dealkylation sites (tertiary alicyclic amines) is 1. The van der Waals surface area contributed by atoms with Crippen LogP contribution in [-0.4, -0.2) is 51.8 Å². The van der Waals surface area contributed by atoms with Crippen LogP contribution in [0, 0.1) is 0 Å². The molecule has 1 unspecified atom stereocenters. The van der Waals surface area contributed by atoms with Gasteiger partial charge >= 0.3 is 5.97 Å². The van der Waals surface area contributed by atoms with Crippen molar-refractivity contribution in [2.45, 2.75) is 16.6 Å². The smallest absolute Gasteiger partial charge is 0.336 e. The average molecular weight is 412 g/mol. The zero-order chi connectivity index (χ0) is 21.1. The minimum atomic E-state index is -1.30. The number of nitrogens with zero attached hydrogens (tertiary/aromatic N) is 1. The Labute approximate surface area is 169 Å². The standard InChI is InChI=1S/C20H16N2O6S/c1-22-16(23)10-15(19(22)26)29-12-8-6-11(7-9-12)21-18(25)17(24)13-4-2-3-5-14(13)20(27)28/h2-9,15H,10H2,1H3,(H,21,25)(H,27,28). The van der Waals surface area contributed by atoms with Crippen molar-refractivity contribution in [2.75, 3.05) is 12.4 Å². The van der Waals surface area contributed by atoms with Crippen LogP contribution in [0.15, 0.2) is 53.4 Å². The van der Waals surface area contributed by atoms with Gasteiger partial charge in [0.15, 0.2) is 0 Å². The van der Waals surface area contributed by atoms with E-state index in [2.05, 4.69) is 5.32 Å². The summed E-state index contributed by atoms with van der Waals surface area (Å²) in [4.78, 5) is 61.1. The van der Waals surface area contributed by atoms with Gasteiger partial charge < -0.3 is 10.4 Å². The van der Waals surface area contributed by atoms with E-state index in [1.165, 1.54) is 43.1 Å². The van der Waals surface area contributed by atoms with Crippen molar-refractivity contribution in [1.29, 1.82) is 0 Å². The van der Waals surface area contributed by atoms with Crippen molar-refractivity contribution in [3.8, 4) is 0 Å². The van der Waals surface area contributed by atoms with Gasteiger partial charge in [0.25, 0.3) is 11.7 Å². The summed E-state index contributed by atoms with van der Waals surface area (Å²) in [6.07, 6.45) is 0.135. The molecule has 0 aliphatic carbocycles. The molecule has 2 aromatic carbocycles. The molecule has 0 saturated carbocycles. The Hall–Kier alpha value is -3.46. The van der Waals surface area contributed by atoms with Crippen LogP contribution in [-0.2, 0) is 14.4 Å². The largest absolute Gasteiger partial charge is 0.478 e. The number of thioether (sulfide) groups is 1. The first-order chi connectivity index (χ1) is 13.8. The molecule has 1 heterocycles. The lowest BCUT2D eigenvalue weighted by atomic mass is 10.0. The number of aromatic carboxylic acids is 1. The number of carboxylic acids is 1. The van der Waals surface area contributed by atoms with Crippen LogP contribution in [0.4, 0.5) is 5.69 Å². The van der Waals surface area contributed by atoms with E-state index in [4.69, 9.17) is 5.11 Å². The molecule has 1 fully saturated rings. The number of anilines is 1. The van der Waals surface area contributed by atoms with Crippen molar-refractivity contribution in [3.05, 3.63) is 59.7 Å². The van der Waals surface area contributed by atoms with E-state index in [9.17, 15) is 24.0 Å². The van der Waals surface area contributed by atoms with Crippen LogP contribution >= 0.6 is 11.8 Å². The first kappa shape index (κ1) is 20.3. The molecule has 148 valence electrons. The summed E-state index contributed by atoms with van der Waals surface area (Å²) >= 11 is 1.25. The Morgan fingerprint density at radius 3 is 2.21 bits per heavy atom. The lowest BCUT2D eigenvalue weighted by Gasteiger charge is -2.10. The molecule has 8 nitrogen and oxygen atoms in total.